The minimum atomic E-state index is 0.322. The fraction of sp³-hybridized carbons (Fsp3) is 0.786. The average molecular weight is 232 g/mol. The average Bonchev–Trinajstić information content (AvgIpc) is 2.56. The summed E-state index contributed by atoms with van der Waals surface area (Å²) in [6.07, 6.45) is 8.36. The SMILES string of the molecule is Cc1noc(N)c1C12CC3CC(CC(C3)C1)C2. The zero-order valence-electron chi connectivity index (χ0n) is 10.4. The van der Waals surface area contributed by atoms with Crippen LogP contribution in [0.1, 0.15) is 49.8 Å². The van der Waals surface area contributed by atoms with E-state index in [4.69, 9.17) is 10.3 Å². The van der Waals surface area contributed by atoms with E-state index in [1.807, 2.05) is 6.92 Å². The molecule has 5 rings (SSSR count). The Balaban J connectivity index is 1.82. The van der Waals surface area contributed by atoms with E-state index in [-0.39, 0.29) is 0 Å². The Hall–Kier alpha value is -0.990. The molecule has 1 heterocycles. The van der Waals surface area contributed by atoms with E-state index in [0.29, 0.717) is 11.3 Å². The monoisotopic (exact) mass is 232 g/mol. The van der Waals surface area contributed by atoms with Crippen molar-refractivity contribution in [3.05, 3.63) is 11.3 Å². The van der Waals surface area contributed by atoms with Gasteiger partial charge in [-0.15, -0.1) is 0 Å². The largest absolute Gasteiger partial charge is 0.367 e. The van der Waals surface area contributed by atoms with E-state index in [2.05, 4.69) is 5.16 Å². The summed E-state index contributed by atoms with van der Waals surface area (Å²) in [4.78, 5) is 0. The molecular formula is C14H20N2O. The van der Waals surface area contributed by atoms with Crippen molar-refractivity contribution in [2.24, 2.45) is 17.8 Å². The van der Waals surface area contributed by atoms with Crippen LogP contribution in [-0.4, -0.2) is 5.16 Å². The van der Waals surface area contributed by atoms with Gasteiger partial charge in [-0.05, 0) is 63.2 Å². The summed E-state index contributed by atoms with van der Waals surface area (Å²) in [5, 5.41) is 4.07. The van der Waals surface area contributed by atoms with Crippen LogP contribution >= 0.6 is 0 Å². The molecule has 0 aromatic carbocycles. The summed E-state index contributed by atoms with van der Waals surface area (Å²) < 4.78 is 5.21. The first-order chi connectivity index (χ1) is 8.16. The second kappa shape index (κ2) is 3.06. The van der Waals surface area contributed by atoms with Crippen molar-refractivity contribution < 1.29 is 4.52 Å². The third-order valence-corrected chi connectivity index (χ3v) is 5.46. The van der Waals surface area contributed by atoms with Gasteiger partial charge in [0.1, 0.15) is 0 Å². The predicted molar refractivity (Wildman–Crippen MR) is 65.5 cm³/mol. The van der Waals surface area contributed by atoms with Crippen molar-refractivity contribution in [1.82, 2.24) is 5.16 Å². The topological polar surface area (TPSA) is 52.0 Å². The van der Waals surface area contributed by atoms with Crippen LogP contribution in [-0.2, 0) is 5.41 Å². The number of aromatic nitrogens is 1. The van der Waals surface area contributed by atoms with E-state index < -0.39 is 0 Å². The van der Waals surface area contributed by atoms with Crippen molar-refractivity contribution in [3.63, 3.8) is 0 Å². The molecule has 4 saturated carbocycles. The molecule has 4 aliphatic rings. The van der Waals surface area contributed by atoms with E-state index in [0.717, 1.165) is 23.4 Å². The standard InChI is InChI=1S/C14H20N2O/c1-8-12(13(15)17-16-8)14-5-9-2-10(6-14)4-11(3-9)7-14/h9-11H,2-7,15H2,1H3. The number of nitrogens with zero attached hydrogens (tertiary/aromatic N) is 1. The Kier molecular flexibility index (Phi) is 1.80. The van der Waals surface area contributed by atoms with Gasteiger partial charge in [0.15, 0.2) is 0 Å². The minimum absolute atomic E-state index is 0.322. The van der Waals surface area contributed by atoms with Crippen molar-refractivity contribution >= 4 is 5.88 Å². The molecule has 17 heavy (non-hydrogen) atoms. The van der Waals surface area contributed by atoms with Gasteiger partial charge in [-0.25, -0.2) is 0 Å². The minimum Gasteiger partial charge on any atom is -0.367 e. The Morgan fingerprint density at radius 1 is 1.12 bits per heavy atom. The van der Waals surface area contributed by atoms with Crippen molar-refractivity contribution in [2.75, 3.05) is 5.73 Å². The lowest BCUT2D eigenvalue weighted by Gasteiger charge is -2.56. The summed E-state index contributed by atoms with van der Waals surface area (Å²) in [6.45, 7) is 2.05. The van der Waals surface area contributed by atoms with Crippen LogP contribution in [0.15, 0.2) is 4.52 Å². The zero-order valence-corrected chi connectivity index (χ0v) is 10.4. The molecule has 0 unspecified atom stereocenters. The van der Waals surface area contributed by atoms with Gasteiger partial charge in [0.05, 0.1) is 5.69 Å². The number of nitrogen functional groups attached to an aromatic ring is 1. The van der Waals surface area contributed by atoms with Crippen LogP contribution in [0.25, 0.3) is 0 Å². The third-order valence-electron chi connectivity index (χ3n) is 5.46. The molecule has 0 saturated heterocycles. The van der Waals surface area contributed by atoms with Gasteiger partial charge in [0.25, 0.3) is 0 Å². The molecule has 92 valence electrons. The van der Waals surface area contributed by atoms with E-state index in [9.17, 15) is 0 Å². The summed E-state index contributed by atoms with van der Waals surface area (Å²) in [5.41, 5.74) is 8.65. The number of rotatable bonds is 1. The molecule has 2 N–H and O–H groups in total. The molecule has 3 heteroatoms. The fourth-order valence-corrected chi connectivity index (χ4v) is 5.45. The Morgan fingerprint density at radius 2 is 1.65 bits per heavy atom. The fourth-order valence-electron chi connectivity index (χ4n) is 5.45. The molecule has 3 nitrogen and oxygen atoms in total. The molecule has 0 radical (unpaired) electrons. The summed E-state index contributed by atoms with van der Waals surface area (Å²) in [6, 6.07) is 0. The van der Waals surface area contributed by atoms with E-state index in [1.165, 1.54) is 44.1 Å². The smallest absolute Gasteiger partial charge is 0.226 e. The van der Waals surface area contributed by atoms with Crippen molar-refractivity contribution in [3.8, 4) is 0 Å². The quantitative estimate of drug-likeness (QED) is 0.809. The lowest BCUT2D eigenvalue weighted by molar-refractivity contribution is -0.00524. The van der Waals surface area contributed by atoms with Crippen molar-refractivity contribution in [1.29, 1.82) is 0 Å². The molecule has 1 aromatic heterocycles. The van der Waals surface area contributed by atoms with Gasteiger partial charge in [-0.2, -0.15) is 0 Å². The number of aryl methyl sites for hydroxylation is 1. The second-order valence-electron chi connectivity index (χ2n) is 6.71. The Morgan fingerprint density at radius 3 is 2.06 bits per heavy atom. The predicted octanol–water partition coefficient (Wildman–Crippen LogP) is 3.03. The summed E-state index contributed by atoms with van der Waals surface area (Å²) in [5.74, 6) is 3.41. The highest BCUT2D eigenvalue weighted by molar-refractivity contribution is 5.46. The maximum Gasteiger partial charge on any atom is 0.226 e. The Labute approximate surface area is 102 Å². The molecule has 0 amide bonds. The lowest BCUT2D eigenvalue weighted by atomic mass is 9.48. The first-order valence-corrected chi connectivity index (χ1v) is 6.88. The molecular weight excluding hydrogens is 212 g/mol. The molecule has 1 aromatic rings. The lowest BCUT2D eigenvalue weighted by Crippen LogP contribution is -2.48. The third kappa shape index (κ3) is 1.25. The van der Waals surface area contributed by atoms with Crippen LogP contribution in [0.4, 0.5) is 5.88 Å². The van der Waals surface area contributed by atoms with Gasteiger partial charge in [-0.3, -0.25) is 0 Å². The molecule has 0 aliphatic heterocycles. The zero-order chi connectivity index (χ0) is 11.6. The highest BCUT2D eigenvalue weighted by atomic mass is 16.5. The number of hydrogen-bond acceptors (Lipinski definition) is 3. The van der Waals surface area contributed by atoms with Gasteiger partial charge in [-0.1, -0.05) is 5.16 Å². The second-order valence-corrected chi connectivity index (χ2v) is 6.71. The normalized spacial score (nSPS) is 43.2. The summed E-state index contributed by atoms with van der Waals surface area (Å²) in [7, 11) is 0. The van der Waals surface area contributed by atoms with Crippen LogP contribution in [0, 0.1) is 24.7 Å². The maximum absolute atomic E-state index is 6.03. The molecule has 4 aliphatic carbocycles. The first-order valence-electron chi connectivity index (χ1n) is 6.88. The Bertz CT molecular complexity index is 408. The van der Waals surface area contributed by atoms with Crippen LogP contribution in [0.2, 0.25) is 0 Å². The number of nitrogens with two attached hydrogens (primary N) is 1. The van der Waals surface area contributed by atoms with Crippen LogP contribution in [0.3, 0.4) is 0 Å². The van der Waals surface area contributed by atoms with E-state index in [1.54, 1.807) is 0 Å². The van der Waals surface area contributed by atoms with E-state index >= 15 is 0 Å². The molecule has 4 bridgehead atoms. The van der Waals surface area contributed by atoms with Crippen molar-refractivity contribution in [2.45, 2.75) is 50.9 Å². The van der Waals surface area contributed by atoms with Gasteiger partial charge >= 0.3 is 0 Å². The van der Waals surface area contributed by atoms with Crippen LogP contribution < -0.4 is 5.73 Å². The number of hydrogen-bond donors (Lipinski definition) is 1. The molecule has 4 fully saturated rings. The van der Waals surface area contributed by atoms with Gasteiger partial charge < -0.3 is 10.3 Å². The molecule has 0 spiro atoms. The first kappa shape index (κ1) is 9.98. The molecule has 0 atom stereocenters. The van der Waals surface area contributed by atoms with Gasteiger partial charge in [0.2, 0.25) is 5.88 Å². The maximum atomic E-state index is 6.03. The van der Waals surface area contributed by atoms with Crippen LogP contribution in [0.5, 0.6) is 0 Å². The highest BCUT2D eigenvalue weighted by Gasteiger charge is 2.53. The highest BCUT2D eigenvalue weighted by Crippen LogP contribution is 2.61. The van der Waals surface area contributed by atoms with Gasteiger partial charge in [0, 0.05) is 11.0 Å². The number of anilines is 1. The summed E-state index contributed by atoms with van der Waals surface area (Å²) >= 11 is 0.